The van der Waals surface area contributed by atoms with Gasteiger partial charge in [0.2, 0.25) is 5.88 Å². The number of halogens is 1. The second kappa shape index (κ2) is 5.67. The fraction of sp³-hybridized carbons (Fsp3) is 0.333. The molecule has 5 heteroatoms. The molecule has 3 rings (SSSR count). The van der Waals surface area contributed by atoms with Gasteiger partial charge in [-0.1, -0.05) is 23.7 Å². The monoisotopic (exact) mass is 289 g/mol. The summed E-state index contributed by atoms with van der Waals surface area (Å²) in [6, 6.07) is 9.18. The van der Waals surface area contributed by atoms with Crippen LogP contribution in [0, 0.1) is 0 Å². The lowest BCUT2D eigenvalue weighted by molar-refractivity contribution is 0.459. The van der Waals surface area contributed by atoms with Crippen LogP contribution in [0.4, 0.5) is 5.82 Å². The molecule has 0 spiro atoms. The van der Waals surface area contributed by atoms with Crippen LogP contribution in [0.2, 0.25) is 5.02 Å². The Balaban J connectivity index is 1.89. The van der Waals surface area contributed by atoms with Gasteiger partial charge < -0.3 is 10.1 Å². The minimum absolute atomic E-state index is 0.474. The van der Waals surface area contributed by atoms with Crippen molar-refractivity contribution in [3.8, 4) is 11.6 Å². The summed E-state index contributed by atoms with van der Waals surface area (Å²) in [7, 11) is 0. The van der Waals surface area contributed by atoms with Crippen molar-refractivity contribution in [2.75, 3.05) is 11.9 Å². The van der Waals surface area contributed by atoms with Crippen molar-refractivity contribution < 1.29 is 4.74 Å². The van der Waals surface area contributed by atoms with E-state index in [2.05, 4.69) is 15.3 Å². The number of hydrogen-bond donors (Lipinski definition) is 1. The van der Waals surface area contributed by atoms with Crippen molar-refractivity contribution in [1.82, 2.24) is 9.97 Å². The first-order valence-electron chi connectivity index (χ1n) is 6.81. The van der Waals surface area contributed by atoms with E-state index in [1.807, 2.05) is 25.1 Å². The van der Waals surface area contributed by atoms with Crippen molar-refractivity contribution in [2.24, 2.45) is 0 Å². The van der Waals surface area contributed by atoms with E-state index in [1.54, 1.807) is 12.1 Å². The number of benzene rings is 1. The van der Waals surface area contributed by atoms with Gasteiger partial charge in [0.25, 0.3) is 0 Å². The Labute approximate surface area is 123 Å². The largest absolute Gasteiger partial charge is 0.437 e. The van der Waals surface area contributed by atoms with Crippen LogP contribution in [-0.4, -0.2) is 16.5 Å². The third kappa shape index (κ3) is 3.02. The average molecular weight is 290 g/mol. The maximum Gasteiger partial charge on any atom is 0.224 e. The van der Waals surface area contributed by atoms with Crippen LogP contribution >= 0.6 is 11.6 Å². The Morgan fingerprint density at radius 3 is 2.80 bits per heavy atom. The summed E-state index contributed by atoms with van der Waals surface area (Å²) in [5.74, 6) is 3.27. The van der Waals surface area contributed by atoms with Crippen LogP contribution in [0.1, 0.15) is 31.5 Å². The van der Waals surface area contributed by atoms with E-state index in [0.29, 0.717) is 22.6 Å². The van der Waals surface area contributed by atoms with Crippen LogP contribution in [0.5, 0.6) is 11.6 Å². The van der Waals surface area contributed by atoms with Gasteiger partial charge in [-0.3, -0.25) is 0 Å². The van der Waals surface area contributed by atoms with Gasteiger partial charge in [0, 0.05) is 18.5 Å². The summed E-state index contributed by atoms with van der Waals surface area (Å²) in [6.45, 7) is 2.85. The van der Waals surface area contributed by atoms with Crippen molar-refractivity contribution in [3.63, 3.8) is 0 Å². The van der Waals surface area contributed by atoms with E-state index in [9.17, 15) is 0 Å². The lowest BCUT2D eigenvalue weighted by Gasteiger charge is -2.10. The molecule has 0 unspecified atom stereocenters. The number of rotatable bonds is 5. The lowest BCUT2D eigenvalue weighted by atomic mass is 10.3. The summed E-state index contributed by atoms with van der Waals surface area (Å²) < 4.78 is 5.79. The Bertz CT molecular complexity index is 614. The van der Waals surface area contributed by atoms with E-state index in [4.69, 9.17) is 16.3 Å². The number of nitrogens with zero attached hydrogens (tertiary/aromatic N) is 2. The average Bonchev–Trinajstić information content (AvgIpc) is 3.26. The minimum Gasteiger partial charge on any atom is -0.437 e. The molecule has 0 radical (unpaired) electrons. The zero-order valence-corrected chi connectivity index (χ0v) is 12.0. The van der Waals surface area contributed by atoms with Gasteiger partial charge in [-0.25, -0.2) is 4.98 Å². The lowest BCUT2D eigenvalue weighted by Crippen LogP contribution is -2.04. The van der Waals surface area contributed by atoms with Crippen molar-refractivity contribution in [2.45, 2.75) is 25.7 Å². The first-order valence-corrected chi connectivity index (χ1v) is 7.19. The molecule has 0 saturated heterocycles. The highest BCUT2D eigenvalue weighted by atomic mass is 35.5. The summed E-state index contributed by atoms with van der Waals surface area (Å²) >= 11 is 6.11. The van der Waals surface area contributed by atoms with Crippen LogP contribution in [0.25, 0.3) is 0 Å². The van der Waals surface area contributed by atoms with Gasteiger partial charge in [0.05, 0.1) is 5.02 Å². The molecule has 0 bridgehead atoms. The van der Waals surface area contributed by atoms with Gasteiger partial charge in [0.15, 0.2) is 0 Å². The smallest absolute Gasteiger partial charge is 0.224 e. The molecule has 1 fully saturated rings. The van der Waals surface area contributed by atoms with Crippen molar-refractivity contribution in [3.05, 3.63) is 41.2 Å². The van der Waals surface area contributed by atoms with Gasteiger partial charge in [-0.15, -0.1) is 0 Å². The normalized spacial score (nSPS) is 14.1. The molecular weight excluding hydrogens is 274 g/mol. The number of aromatic nitrogens is 2. The van der Waals surface area contributed by atoms with E-state index in [-0.39, 0.29) is 0 Å². The van der Waals surface area contributed by atoms with Gasteiger partial charge in [-0.2, -0.15) is 4.98 Å². The summed E-state index contributed by atoms with van der Waals surface area (Å²) in [4.78, 5) is 9.00. The predicted octanol–water partition coefficient (Wildman–Crippen LogP) is 4.23. The zero-order valence-electron chi connectivity index (χ0n) is 11.3. The van der Waals surface area contributed by atoms with Crippen LogP contribution in [0.15, 0.2) is 30.3 Å². The molecule has 1 N–H and O–H groups in total. The summed E-state index contributed by atoms with van der Waals surface area (Å²) in [5, 5.41) is 3.78. The van der Waals surface area contributed by atoms with Gasteiger partial charge in [0.1, 0.15) is 17.4 Å². The summed E-state index contributed by atoms with van der Waals surface area (Å²) in [6.07, 6.45) is 2.31. The third-order valence-electron chi connectivity index (χ3n) is 3.07. The molecule has 0 aliphatic heterocycles. The molecule has 1 heterocycles. The molecule has 104 valence electrons. The summed E-state index contributed by atoms with van der Waals surface area (Å²) in [5.41, 5.74) is 0. The molecule has 1 aromatic carbocycles. The SMILES string of the molecule is CCNc1cc(Oc2ccccc2Cl)nc(C2CC2)n1. The highest BCUT2D eigenvalue weighted by Crippen LogP contribution is 2.39. The van der Waals surface area contributed by atoms with Crippen LogP contribution in [0.3, 0.4) is 0 Å². The molecule has 0 atom stereocenters. The standard InChI is InChI=1S/C15H16ClN3O/c1-2-17-13-9-14(19-15(18-13)10-7-8-10)20-12-6-4-3-5-11(12)16/h3-6,9-10H,2,7-8H2,1H3,(H,17,18,19). The van der Waals surface area contributed by atoms with Gasteiger partial charge >= 0.3 is 0 Å². The Kier molecular flexibility index (Phi) is 3.74. The predicted molar refractivity (Wildman–Crippen MR) is 79.7 cm³/mol. The third-order valence-corrected chi connectivity index (χ3v) is 3.38. The van der Waals surface area contributed by atoms with Crippen molar-refractivity contribution >= 4 is 17.4 Å². The van der Waals surface area contributed by atoms with Crippen LogP contribution < -0.4 is 10.1 Å². The van der Waals surface area contributed by atoms with Gasteiger partial charge in [-0.05, 0) is 31.9 Å². The minimum atomic E-state index is 0.474. The first kappa shape index (κ1) is 13.2. The molecule has 20 heavy (non-hydrogen) atoms. The molecular formula is C15H16ClN3O. The maximum atomic E-state index is 6.11. The number of hydrogen-bond acceptors (Lipinski definition) is 4. The van der Waals surface area contributed by atoms with E-state index in [0.717, 1.165) is 31.0 Å². The molecule has 1 aliphatic carbocycles. The molecule has 2 aromatic rings. The number of anilines is 1. The number of ether oxygens (including phenoxy) is 1. The highest BCUT2D eigenvalue weighted by molar-refractivity contribution is 6.32. The topological polar surface area (TPSA) is 47.0 Å². The molecule has 4 nitrogen and oxygen atoms in total. The van der Waals surface area contributed by atoms with E-state index in [1.165, 1.54) is 0 Å². The molecule has 0 amide bonds. The van der Waals surface area contributed by atoms with E-state index >= 15 is 0 Å². The maximum absolute atomic E-state index is 6.11. The fourth-order valence-electron chi connectivity index (χ4n) is 1.93. The van der Waals surface area contributed by atoms with Crippen LogP contribution in [-0.2, 0) is 0 Å². The second-order valence-corrected chi connectivity index (χ2v) is 5.19. The van der Waals surface area contributed by atoms with Crippen molar-refractivity contribution in [1.29, 1.82) is 0 Å². The molecule has 1 saturated carbocycles. The fourth-order valence-corrected chi connectivity index (χ4v) is 2.11. The Hall–Kier alpha value is -1.81. The molecule has 1 aromatic heterocycles. The second-order valence-electron chi connectivity index (χ2n) is 4.79. The highest BCUT2D eigenvalue weighted by Gasteiger charge is 2.27. The molecule has 1 aliphatic rings. The number of nitrogens with one attached hydrogen (secondary N) is 1. The quantitative estimate of drug-likeness (QED) is 0.895. The van der Waals surface area contributed by atoms with E-state index < -0.39 is 0 Å². The zero-order chi connectivity index (χ0) is 13.9. The first-order chi connectivity index (χ1) is 9.76. The Morgan fingerprint density at radius 1 is 1.30 bits per heavy atom. The Morgan fingerprint density at radius 2 is 2.10 bits per heavy atom. The number of para-hydroxylation sites is 1.